The minimum absolute atomic E-state index is 0.142. The number of rotatable bonds is 27. The van der Waals surface area contributed by atoms with Gasteiger partial charge in [-0.05, 0) is 227 Å². The van der Waals surface area contributed by atoms with Gasteiger partial charge in [-0.15, -0.1) is 0 Å². The summed E-state index contributed by atoms with van der Waals surface area (Å²) in [6.07, 6.45) is 28.0. The van der Waals surface area contributed by atoms with Gasteiger partial charge in [0, 0.05) is 284 Å². The van der Waals surface area contributed by atoms with Crippen LogP contribution < -0.4 is 35.1 Å². The lowest BCUT2D eigenvalue weighted by atomic mass is 9.80. The zero-order chi connectivity index (χ0) is 102. The maximum absolute atomic E-state index is 14.4. The molecular weight excluding hydrogens is 1870 g/mol. The van der Waals surface area contributed by atoms with E-state index in [0.717, 1.165) is 394 Å². The highest BCUT2D eigenvalue weighted by Gasteiger charge is 2.46. The summed E-state index contributed by atoms with van der Waals surface area (Å²) in [6, 6.07) is 35.3. The molecule has 27 rings (SSSR count). The van der Waals surface area contributed by atoms with Crippen molar-refractivity contribution in [2.24, 2.45) is 5.73 Å². The van der Waals surface area contributed by atoms with Gasteiger partial charge in [0.15, 0.2) is 0 Å². The van der Waals surface area contributed by atoms with Crippen LogP contribution in [-0.4, -0.2) is 238 Å². The van der Waals surface area contributed by atoms with E-state index < -0.39 is 11.9 Å². The van der Waals surface area contributed by atoms with E-state index in [1.165, 1.54) is 24.5 Å². The molecule has 27 heteroatoms. The van der Waals surface area contributed by atoms with Crippen LogP contribution in [0.25, 0.3) is 129 Å². The Morgan fingerprint density at radius 2 is 0.430 bits per heavy atom. The van der Waals surface area contributed by atoms with Crippen LogP contribution in [0.4, 0.5) is 34.1 Å². The minimum Gasteiger partial charge on any atom is -0.396 e. The first-order valence-corrected chi connectivity index (χ1v) is 55.0. The molecule has 12 aliphatic rings. The number of carbonyl (C=O) groups excluding carboxylic acids is 12. The molecule has 0 aliphatic carbocycles. The van der Waals surface area contributed by atoms with Crippen molar-refractivity contribution in [3.8, 4) is 0 Å². The topological polar surface area (TPSA) is 316 Å². The van der Waals surface area contributed by atoms with Crippen molar-refractivity contribution in [2.45, 2.75) is 194 Å². The highest BCUT2D eigenvalue weighted by molar-refractivity contribution is 6.49. The normalized spacial score (nSPS) is 17.6. The maximum Gasteiger partial charge on any atom is 0.346 e. The molecule has 12 aliphatic heterocycles. The number of benzene rings is 15. The Morgan fingerprint density at radius 1 is 0.228 bits per heavy atom. The van der Waals surface area contributed by atoms with E-state index in [4.69, 9.17) is 15.6 Å². The predicted octanol–water partition coefficient (Wildman–Crippen LogP) is 21.6. The van der Waals surface area contributed by atoms with E-state index in [9.17, 15) is 62.6 Å². The van der Waals surface area contributed by atoms with Crippen LogP contribution in [0.2, 0.25) is 0 Å². The number of nitrogens with two attached hydrogens (primary N) is 1. The Balaban J connectivity index is 0.000000115. The Morgan fingerprint density at radius 3 is 0.685 bits per heavy atom. The summed E-state index contributed by atoms with van der Waals surface area (Å²) < 4.78 is 5.19. The van der Waals surface area contributed by atoms with Crippen molar-refractivity contribution in [3.63, 3.8) is 0 Å². The molecule has 15 aromatic carbocycles. The SMILES string of the molecule is CCCCCCN1C(=O)c2ccc3c4c(N5CCCC5)cc5c6c(ccc(c7c(N8CCCC8)cc(c2c37)C1=O)c64)C(=O)N(CCCCCC)C5=O.CN1C(=O)c2ccc3c4c(N5CCCC5)cc5c6c(ccc(c7c(N8CCCC8)cc(c2c37)C1=O)c64)C(=O)N(CCCCCCO)C5=O.CN1C(=O)c2ccc3c4c(N5CCCC5)cc5c6c(ccc(c7c(N8CCCC8)cc(c2c37)C1=O)c64)C(=O)OC5=O.NCCCCCCO. The van der Waals surface area contributed by atoms with E-state index in [2.05, 4.69) is 67.5 Å². The Labute approximate surface area is 863 Å². The number of anilines is 6. The molecule has 0 spiro atoms. The van der Waals surface area contributed by atoms with Crippen LogP contribution in [0, 0.1) is 0 Å². The number of nitrogens with zero attached hydrogens (tertiary/aromatic N) is 11. The third-order valence-electron chi connectivity index (χ3n) is 34.4. The van der Waals surface area contributed by atoms with Crippen LogP contribution in [0.1, 0.15) is 318 Å². The molecule has 6 saturated heterocycles. The van der Waals surface area contributed by atoms with E-state index >= 15 is 0 Å². The first-order valence-electron chi connectivity index (χ1n) is 55.0. The summed E-state index contributed by atoms with van der Waals surface area (Å²) in [5.74, 6) is -3.82. The molecule has 27 nitrogen and oxygen atoms in total. The summed E-state index contributed by atoms with van der Waals surface area (Å²) >= 11 is 0. The van der Waals surface area contributed by atoms with Gasteiger partial charge in [0.05, 0.1) is 38.9 Å². The fourth-order valence-electron chi connectivity index (χ4n) is 27.1. The van der Waals surface area contributed by atoms with E-state index in [-0.39, 0.29) is 65.7 Å². The van der Waals surface area contributed by atoms with Gasteiger partial charge < -0.3 is 50.1 Å². The smallest absolute Gasteiger partial charge is 0.346 e. The maximum atomic E-state index is 14.4. The molecule has 0 unspecified atom stereocenters. The summed E-state index contributed by atoms with van der Waals surface area (Å²) in [6.45, 7) is 17.2. The molecule has 0 atom stereocenters. The number of imide groups is 5. The molecule has 0 aromatic heterocycles. The van der Waals surface area contributed by atoms with Crippen LogP contribution in [-0.2, 0) is 4.74 Å². The molecule has 12 heterocycles. The van der Waals surface area contributed by atoms with Crippen molar-refractivity contribution >= 4 is 234 Å². The van der Waals surface area contributed by atoms with E-state index in [1.807, 2.05) is 78.9 Å². The molecule has 0 saturated carbocycles. The van der Waals surface area contributed by atoms with Gasteiger partial charge in [0.2, 0.25) is 0 Å². The summed E-state index contributed by atoms with van der Waals surface area (Å²) in [5.41, 5.74) is 17.5. The zero-order valence-electron chi connectivity index (χ0n) is 85.6. The fourth-order valence-corrected chi connectivity index (χ4v) is 27.1. The molecule has 0 radical (unpaired) electrons. The Kier molecular flexibility index (Phi) is 25.4. The van der Waals surface area contributed by atoms with Crippen molar-refractivity contribution in [1.82, 2.24) is 24.5 Å². The van der Waals surface area contributed by atoms with Crippen molar-refractivity contribution < 1.29 is 72.5 Å². The summed E-state index contributed by atoms with van der Waals surface area (Å²) in [5, 5.41) is 38.8. The highest BCUT2D eigenvalue weighted by Crippen LogP contribution is 2.58. The number of aliphatic hydroxyl groups is 2. The van der Waals surface area contributed by atoms with Gasteiger partial charge in [-0.25, -0.2) is 9.59 Å². The van der Waals surface area contributed by atoms with Gasteiger partial charge >= 0.3 is 11.9 Å². The number of amides is 10. The lowest BCUT2D eigenvalue weighted by molar-refractivity contribution is 0.0386. The van der Waals surface area contributed by atoms with Gasteiger partial charge in [0.25, 0.3) is 59.1 Å². The first-order chi connectivity index (χ1) is 72.7. The fraction of sp³-hybridized carbons (Fsp3) is 0.410. The standard InChI is InChI=1S/C44H48N4O4.C39H38N4O5.C33H25N3O5.C6H15NO/c1-3-5-7-9-23-47-41(49)29-17-15-27-38-34(46-21-13-14-22-46)26-32-36-30(42(50)48(44(32)52)24-10-8-6-4-2)18-16-28(40(36)38)37-33(45-19-11-12-20-45)25-31(43(47)51)35(29)39(27)37;1-40-36(45)24-12-10-22-33-29(42-16-7-8-17-42)21-27-31-25(38(47)43(39(27)48)18-4-2-3-9-19-44)13-11-23(35(31)33)32-28(41-14-5-6-15-41)20-26(37(40)46)30(24)34(22)32;1-34-30(37)18-8-6-16-27-23(36-12-4-5-13-36)15-21-25-19(32(39)41-33(21)40)9-7-17(29(25)27)26-22(35-10-2-3-11-35)14-20(31(34)38)24(18)28(16)26;7-5-3-1-2-4-6-8/h15-18,25-26H,3-14,19-24H2,1-2H3;10-13,20-21,44H,2-9,14-19H2,1H3;6-9,14-15H,2-5,10-13H2,1H3;8H,1-7H2. The second-order valence-electron chi connectivity index (χ2n) is 43.0. The molecule has 0 bridgehead atoms. The second-order valence-corrected chi connectivity index (χ2v) is 43.0. The number of hydrogen-bond donors (Lipinski definition) is 3. The number of fused-ring (bicyclic) bond motifs is 6. The highest BCUT2D eigenvalue weighted by atomic mass is 16.6. The van der Waals surface area contributed by atoms with E-state index in [0.29, 0.717) is 127 Å². The number of esters is 2. The lowest BCUT2D eigenvalue weighted by Crippen LogP contribution is -2.41. The molecular formula is C122H126N12O15. The lowest BCUT2D eigenvalue weighted by Gasteiger charge is -2.33. The summed E-state index contributed by atoms with van der Waals surface area (Å²) in [4.78, 5) is 187. The first kappa shape index (κ1) is 96.8. The third kappa shape index (κ3) is 15.3. The second kappa shape index (κ2) is 39.0. The number of carbonyl (C=O) groups is 12. The van der Waals surface area contributed by atoms with Crippen molar-refractivity contribution in [2.75, 3.05) is 161 Å². The van der Waals surface area contributed by atoms with Crippen LogP contribution in [0.3, 0.4) is 0 Å². The van der Waals surface area contributed by atoms with Crippen LogP contribution in [0.5, 0.6) is 0 Å². The van der Waals surface area contributed by atoms with Gasteiger partial charge in [-0.1, -0.05) is 114 Å². The Bertz CT molecular complexity index is 8070. The van der Waals surface area contributed by atoms with Gasteiger partial charge in [-0.3, -0.25) is 72.4 Å². The van der Waals surface area contributed by atoms with Crippen LogP contribution >= 0.6 is 0 Å². The van der Waals surface area contributed by atoms with Crippen molar-refractivity contribution in [1.29, 1.82) is 0 Å². The number of aliphatic hydroxyl groups excluding tert-OH is 2. The monoisotopic (exact) mass is 2000 g/mol. The zero-order valence-corrected chi connectivity index (χ0v) is 85.6. The predicted molar refractivity (Wildman–Crippen MR) is 589 cm³/mol. The molecule has 764 valence electrons. The van der Waals surface area contributed by atoms with Gasteiger partial charge in [-0.2, -0.15) is 0 Å². The van der Waals surface area contributed by atoms with Crippen LogP contribution in [0.15, 0.2) is 109 Å². The molecule has 6 fully saturated rings. The number of unbranched alkanes of at least 4 members (excludes halogenated alkanes) is 12. The molecule has 10 amide bonds. The molecule has 15 aromatic rings. The number of hydrogen-bond acceptors (Lipinski definition) is 22. The average molecular weight is 2000 g/mol. The number of ether oxygens (including phenoxy) is 1. The summed E-state index contributed by atoms with van der Waals surface area (Å²) in [7, 11) is 3.10. The van der Waals surface area contributed by atoms with Gasteiger partial charge in [0.1, 0.15) is 0 Å². The minimum atomic E-state index is -0.635. The largest absolute Gasteiger partial charge is 0.396 e. The van der Waals surface area contributed by atoms with E-state index in [1.54, 1.807) is 20.2 Å². The molecule has 4 N–H and O–H groups in total. The Hall–Kier alpha value is -14.3. The molecule has 149 heavy (non-hydrogen) atoms. The quantitative estimate of drug-likeness (QED) is 0.0108. The number of cyclic esters (lactones) is 2. The van der Waals surface area contributed by atoms with Crippen molar-refractivity contribution in [3.05, 3.63) is 176 Å². The average Bonchev–Trinajstić information content (AvgIpc) is 1.09. The third-order valence-corrected chi connectivity index (χ3v) is 34.4.